The molecular weight excluding hydrogens is 540 g/mol. The molecule has 0 radical (unpaired) electrons. The smallest absolute Gasteiger partial charge is 0.302 e. The van der Waals surface area contributed by atoms with Gasteiger partial charge in [0.05, 0.1) is 21.3 Å². The molecule has 0 aliphatic rings. The maximum atomic E-state index is 12.7. The molecule has 0 aliphatic heterocycles. The molecule has 0 amide bonds. The van der Waals surface area contributed by atoms with Gasteiger partial charge in [-0.2, -0.15) is 0 Å². The van der Waals surface area contributed by atoms with Crippen LogP contribution in [0.25, 0.3) is 22.3 Å². The first-order chi connectivity index (χ1) is 19.6. The highest BCUT2D eigenvalue weighted by Crippen LogP contribution is 2.43. The van der Waals surface area contributed by atoms with Crippen LogP contribution in [0.15, 0.2) is 57.7 Å². The molecule has 41 heavy (non-hydrogen) atoms. The average molecular weight is 569 g/mol. The summed E-state index contributed by atoms with van der Waals surface area (Å²) in [6.07, 6.45) is -2.54. The van der Waals surface area contributed by atoms with Crippen LogP contribution >= 0.6 is 0 Å². The van der Waals surface area contributed by atoms with Crippen LogP contribution in [0.2, 0.25) is 0 Å². The molecule has 0 saturated heterocycles. The van der Waals surface area contributed by atoms with Crippen LogP contribution in [0.3, 0.4) is 0 Å². The molecule has 4 N–H and O–H groups in total. The summed E-state index contributed by atoms with van der Waals surface area (Å²) in [5, 5.41) is 40.9. The van der Waals surface area contributed by atoms with E-state index in [-0.39, 0.29) is 57.8 Å². The van der Waals surface area contributed by atoms with Gasteiger partial charge < -0.3 is 48.5 Å². The third-order valence-electron chi connectivity index (χ3n) is 6.16. The zero-order valence-corrected chi connectivity index (χ0v) is 22.5. The molecule has 0 saturated carbocycles. The second-order valence-electron chi connectivity index (χ2n) is 8.86. The number of methoxy groups -OCH3 is 3. The van der Waals surface area contributed by atoms with Gasteiger partial charge in [-0.15, -0.1) is 0 Å². The Balaban J connectivity index is 1.77. The number of phenolic OH excluding ortho intramolecular Hbond substituents is 3. The van der Waals surface area contributed by atoms with Gasteiger partial charge in [0.15, 0.2) is 34.5 Å². The van der Waals surface area contributed by atoms with Crippen LogP contribution in [0.4, 0.5) is 0 Å². The number of phenols is 3. The van der Waals surface area contributed by atoms with Crippen molar-refractivity contribution in [2.75, 3.05) is 27.9 Å². The zero-order valence-electron chi connectivity index (χ0n) is 22.5. The maximum absolute atomic E-state index is 12.7. The maximum Gasteiger partial charge on any atom is 0.302 e. The lowest BCUT2D eigenvalue weighted by molar-refractivity contribution is -0.145. The number of fused-ring (bicyclic) bond motifs is 1. The van der Waals surface area contributed by atoms with E-state index >= 15 is 0 Å². The predicted molar refractivity (Wildman–Crippen MR) is 145 cm³/mol. The number of aromatic hydroxyl groups is 3. The summed E-state index contributed by atoms with van der Waals surface area (Å²) in [5.74, 6) is -1.00. The minimum absolute atomic E-state index is 0.0409. The third kappa shape index (κ3) is 6.07. The summed E-state index contributed by atoms with van der Waals surface area (Å²) >= 11 is 0. The van der Waals surface area contributed by atoms with Gasteiger partial charge in [-0.3, -0.25) is 9.59 Å². The van der Waals surface area contributed by atoms with E-state index in [0.29, 0.717) is 11.1 Å². The highest BCUT2D eigenvalue weighted by molar-refractivity contribution is 5.86. The van der Waals surface area contributed by atoms with E-state index in [2.05, 4.69) is 0 Å². The van der Waals surface area contributed by atoms with E-state index in [9.17, 15) is 30.0 Å². The van der Waals surface area contributed by atoms with Gasteiger partial charge in [0.1, 0.15) is 40.9 Å². The van der Waals surface area contributed by atoms with Crippen LogP contribution in [-0.4, -0.2) is 60.4 Å². The Hall–Kier alpha value is -5.10. The van der Waals surface area contributed by atoms with Crippen molar-refractivity contribution in [3.63, 3.8) is 0 Å². The number of rotatable bonds is 10. The predicted octanol–water partition coefficient (Wildman–Crippen LogP) is 3.65. The minimum atomic E-state index is -1.36. The van der Waals surface area contributed by atoms with E-state index in [1.165, 1.54) is 70.7 Å². The molecule has 12 heteroatoms. The quantitative estimate of drug-likeness (QED) is 0.205. The Labute approximate surface area is 233 Å². The summed E-state index contributed by atoms with van der Waals surface area (Å²) in [6, 6.07) is 10.6. The fourth-order valence-corrected chi connectivity index (χ4v) is 4.17. The molecule has 4 rings (SSSR count). The highest BCUT2D eigenvalue weighted by atomic mass is 16.6. The van der Waals surface area contributed by atoms with Crippen LogP contribution in [0.1, 0.15) is 18.6 Å². The highest BCUT2D eigenvalue weighted by Gasteiger charge is 2.29. The van der Waals surface area contributed by atoms with Crippen molar-refractivity contribution in [2.24, 2.45) is 0 Å². The lowest BCUT2D eigenvalue weighted by atomic mass is 10.0. The molecular formula is C29H28O12. The van der Waals surface area contributed by atoms with Gasteiger partial charge in [-0.25, -0.2) is 0 Å². The number of esters is 1. The molecule has 0 fully saturated rings. The van der Waals surface area contributed by atoms with Crippen molar-refractivity contribution in [2.45, 2.75) is 19.1 Å². The van der Waals surface area contributed by atoms with Crippen molar-refractivity contribution >= 4 is 16.9 Å². The number of ether oxygens (including phenoxy) is 5. The van der Waals surface area contributed by atoms with Gasteiger partial charge in [0.2, 0.25) is 5.75 Å². The second kappa shape index (κ2) is 12.0. The molecule has 2 unspecified atom stereocenters. The molecule has 2 atom stereocenters. The molecule has 3 aromatic carbocycles. The van der Waals surface area contributed by atoms with Crippen molar-refractivity contribution in [1.29, 1.82) is 0 Å². The number of aliphatic hydroxyl groups excluding tert-OH is 1. The molecule has 12 nitrogen and oxygen atoms in total. The summed E-state index contributed by atoms with van der Waals surface area (Å²) in [5.41, 5.74) is 0.0343. The Morgan fingerprint density at radius 1 is 0.878 bits per heavy atom. The van der Waals surface area contributed by atoms with Crippen LogP contribution < -0.4 is 24.4 Å². The van der Waals surface area contributed by atoms with E-state index in [0.717, 1.165) is 6.07 Å². The number of hydrogen-bond donors (Lipinski definition) is 4. The van der Waals surface area contributed by atoms with Gasteiger partial charge in [-0.05, 0) is 29.8 Å². The summed E-state index contributed by atoms with van der Waals surface area (Å²) in [6.45, 7) is 0.847. The first kappa shape index (κ1) is 28.9. The monoisotopic (exact) mass is 568 g/mol. The molecule has 0 aliphatic carbocycles. The summed E-state index contributed by atoms with van der Waals surface area (Å²) in [7, 11) is 4.08. The van der Waals surface area contributed by atoms with Crippen molar-refractivity contribution in [1.82, 2.24) is 0 Å². The molecule has 0 spiro atoms. The van der Waals surface area contributed by atoms with E-state index < -0.39 is 29.4 Å². The number of carbonyl (C=O) groups is 1. The molecule has 1 aromatic heterocycles. The SMILES string of the molecule is COc1cc(C(O)C(COC(C)=O)Oc2c(OC)cc(-c3cc(=O)c4c(O)cc(O)cc4o3)cc2OC)ccc1O. The average Bonchev–Trinajstić information content (AvgIpc) is 2.94. The number of benzene rings is 3. The van der Waals surface area contributed by atoms with E-state index in [1.54, 1.807) is 0 Å². The lowest BCUT2D eigenvalue weighted by Crippen LogP contribution is -2.31. The molecule has 1 heterocycles. The number of aliphatic hydroxyl groups is 1. The second-order valence-corrected chi connectivity index (χ2v) is 8.86. The Kier molecular flexibility index (Phi) is 8.43. The van der Waals surface area contributed by atoms with Gasteiger partial charge in [0, 0.05) is 30.7 Å². The first-order valence-electron chi connectivity index (χ1n) is 12.2. The third-order valence-corrected chi connectivity index (χ3v) is 6.16. The minimum Gasteiger partial charge on any atom is -0.508 e. The van der Waals surface area contributed by atoms with Gasteiger partial charge >= 0.3 is 5.97 Å². The summed E-state index contributed by atoms with van der Waals surface area (Å²) in [4.78, 5) is 24.3. The van der Waals surface area contributed by atoms with Crippen molar-refractivity contribution in [3.05, 3.63) is 64.3 Å². The lowest BCUT2D eigenvalue weighted by Gasteiger charge is -2.26. The largest absolute Gasteiger partial charge is 0.508 e. The van der Waals surface area contributed by atoms with Crippen molar-refractivity contribution < 1.29 is 53.3 Å². The van der Waals surface area contributed by atoms with Crippen LogP contribution in [0.5, 0.6) is 40.2 Å². The molecule has 4 aromatic rings. The van der Waals surface area contributed by atoms with Crippen molar-refractivity contribution in [3.8, 4) is 51.6 Å². The number of carbonyl (C=O) groups excluding carboxylic acids is 1. The first-order valence-corrected chi connectivity index (χ1v) is 12.2. The van der Waals surface area contributed by atoms with Crippen LogP contribution in [0, 0.1) is 0 Å². The normalized spacial score (nSPS) is 12.4. The van der Waals surface area contributed by atoms with E-state index in [4.69, 9.17) is 28.1 Å². The topological polar surface area (TPSA) is 174 Å². The molecule has 0 bridgehead atoms. The Bertz CT molecular complexity index is 1620. The summed E-state index contributed by atoms with van der Waals surface area (Å²) < 4.78 is 33.2. The van der Waals surface area contributed by atoms with Gasteiger partial charge in [-0.1, -0.05) is 6.07 Å². The number of hydrogen-bond acceptors (Lipinski definition) is 12. The van der Waals surface area contributed by atoms with Crippen LogP contribution in [-0.2, 0) is 9.53 Å². The van der Waals surface area contributed by atoms with E-state index in [1.807, 2.05) is 0 Å². The fourth-order valence-electron chi connectivity index (χ4n) is 4.17. The van der Waals surface area contributed by atoms with Gasteiger partial charge in [0.25, 0.3) is 0 Å². The standard InChI is InChI=1S/C29H28O12/c1-14(30)39-13-26(28(35)15-5-6-18(32)22(7-15)36-2)41-29-24(37-3)8-16(9-25(29)38-4)21-12-20(34)27-19(33)10-17(31)11-23(27)40-21/h5-12,26,28,31-33,35H,13H2,1-4H3. The Morgan fingerprint density at radius 3 is 2.15 bits per heavy atom. The molecule has 216 valence electrons. The Morgan fingerprint density at radius 2 is 1.54 bits per heavy atom. The fraction of sp³-hybridized carbons (Fsp3) is 0.241. The zero-order chi connectivity index (χ0) is 29.8.